The van der Waals surface area contributed by atoms with Gasteiger partial charge >= 0.3 is 5.97 Å². The Bertz CT molecular complexity index is 632. The van der Waals surface area contributed by atoms with E-state index in [0.29, 0.717) is 12.8 Å². The summed E-state index contributed by atoms with van der Waals surface area (Å²) in [5, 5.41) is 0. The molecule has 1 aromatic rings. The highest BCUT2D eigenvalue weighted by atomic mass is 32.2. The molecule has 1 atom stereocenters. The maximum absolute atomic E-state index is 13.8. The summed E-state index contributed by atoms with van der Waals surface area (Å²) in [6.07, 6.45) is 0.887. The number of hydrogen-bond acceptors (Lipinski definition) is 5. The standard InChI is InChI=1S/C12H15FN2O4S/c1-19-12(16)10-3-2-6-15(10)20(17,18)11-5-4-8(14)7-9(11)13/h4-5,7,10H,2-3,6,14H2,1H3. The minimum Gasteiger partial charge on any atom is -0.468 e. The van der Waals surface area contributed by atoms with Crippen LogP contribution in [0.25, 0.3) is 0 Å². The van der Waals surface area contributed by atoms with Gasteiger partial charge in [-0.3, -0.25) is 4.79 Å². The number of halogens is 1. The van der Waals surface area contributed by atoms with Gasteiger partial charge in [0.1, 0.15) is 16.8 Å². The van der Waals surface area contributed by atoms with Crippen molar-refractivity contribution in [3.63, 3.8) is 0 Å². The highest BCUT2D eigenvalue weighted by Gasteiger charge is 2.41. The van der Waals surface area contributed by atoms with Crippen molar-refractivity contribution in [1.29, 1.82) is 0 Å². The summed E-state index contributed by atoms with van der Waals surface area (Å²) < 4.78 is 44.2. The molecule has 0 spiro atoms. The van der Waals surface area contributed by atoms with Crippen LogP contribution in [0.5, 0.6) is 0 Å². The second-order valence-corrected chi connectivity index (χ2v) is 6.35. The molecule has 0 saturated carbocycles. The number of carbonyl (C=O) groups is 1. The van der Waals surface area contributed by atoms with Crippen LogP contribution < -0.4 is 5.73 Å². The molecule has 6 nitrogen and oxygen atoms in total. The Morgan fingerprint density at radius 3 is 2.80 bits per heavy atom. The summed E-state index contributed by atoms with van der Waals surface area (Å²) in [6, 6.07) is 2.45. The summed E-state index contributed by atoms with van der Waals surface area (Å²) in [7, 11) is -2.90. The van der Waals surface area contributed by atoms with Gasteiger partial charge in [0.25, 0.3) is 0 Å². The molecule has 1 fully saturated rings. The van der Waals surface area contributed by atoms with Crippen molar-refractivity contribution in [2.45, 2.75) is 23.8 Å². The molecule has 1 saturated heterocycles. The summed E-state index contributed by atoms with van der Waals surface area (Å²) >= 11 is 0. The molecule has 0 aromatic heterocycles. The molecule has 110 valence electrons. The number of nitrogens with two attached hydrogens (primary N) is 1. The fraction of sp³-hybridized carbons (Fsp3) is 0.417. The zero-order valence-corrected chi connectivity index (χ0v) is 11.7. The molecule has 2 N–H and O–H groups in total. The number of methoxy groups -OCH3 is 1. The van der Waals surface area contributed by atoms with Gasteiger partial charge in [0, 0.05) is 12.2 Å². The number of hydrogen-bond donors (Lipinski definition) is 1. The smallest absolute Gasteiger partial charge is 0.324 e. The number of nitrogen functional groups attached to an aromatic ring is 1. The summed E-state index contributed by atoms with van der Waals surface area (Å²) in [4.78, 5) is 11.1. The van der Waals surface area contributed by atoms with Crippen LogP contribution in [0.1, 0.15) is 12.8 Å². The largest absolute Gasteiger partial charge is 0.468 e. The molecule has 0 amide bonds. The van der Waals surface area contributed by atoms with Gasteiger partial charge in [-0.1, -0.05) is 0 Å². The Labute approximate surface area is 116 Å². The molecule has 1 aliphatic rings. The summed E-state index contributed by atoms with van der Waals surface area (Å²) in [6.45, 7) is 0.159. The van der Waals surface area contributed by atoms with Crippen molar-refractivity contribution in [2.24, 2.45) is 0 Å². The van der Waals surface area contributed by atoms with E-state index in [9.17, 15) is 17.6 Å². The first-order valence-corrected chi connectivity index (χ1v) is 7.46. The molecule has 0 radical (unpaired) electrons. The summed E-state index contributed by atoms with van der Waals surface area (Å²) in [5.41, 5.74) is 5.53. The van der Waals surface area contributed by atoms with Crippen LogP contribution in [0.3, 0.4) is 0 Å². The van der Waals surface area contributed by atoms with Gasteiger partial charge < -0.3 is 10.5 Å². The minimum atomic E-state index is -4.09. The SMILES string of the molecule is COC(=O)C1CCCN1S(=O)(=O)c1ccc(N)cc1F. The molecule has 1 aliphatic heterocycles. The van der Waals surface area contributed by atoms with Crippen LogP contribution >= 0.6 is 0 Å². The maximum atomic E-state index is 13.8. The zero-order chi connectivity index (χ0) is 14.9. The fourth-order valence-electron chi connectivity index (χ4n) is 2.25. The molecule has 8 heteroatoms. The van der Waals surface area contributed by atoms with Crippen LogP contribution in [-0.4, -0.2) is 38.4 Å². The molecule has 1 aromatic carbocycles. The molecule has 1 heterocycles. The molecule has 1 unspecified atom stereocenters. The normalized spacial score (nSPS) is 20.0. The van der Waals surface area contributed by atoms with Gasteiger partial charge in [-0.25, -0.2) is 12.8 Å². The average molecular weight is 302 g/mol. The van der Waals surface area contributed by atoms with E-state index in [2.05, 4.69) is 4.74 Å². The first kappa shape index (κ1) is 14.7. The Hall–Kier alpha value is -1.67. The topological polar surface area (TPSA) is 89.7 Å². The van der Waals surface area contributed by atoms with Crippen LogP contribution in [0.4, 0.5) is 10.1 Å². The zero-order valence-electron chi connectivity index (χ0n) is 10.9. The lowest BCUT2D eigenvalue weighted by Gasteiger charge is -2.22. The third-order valence-corrected chi connectivity index (χ3v) is 5.16. The Morgan fingerprint density at radius 1 is 1.50 bits per heavy atom. The molecule has 2 rings (SSSR count). The fourth-order valence-corrected chi connectivity index (χ4v) is 3.95. The van der Waals surface area contributed by atoms with E-state index in [4.69, 9.17) is 5.73 Å². The Morgan fingerprint density at radius 2 is 2.20 bits per heavy atom. The van der Waals surface area contributed by atoms with Crippen LogP contribution in [0.2, 0.25) is 0 Å². The van der Waals surface area contributed by atoms with Crippen LogP contribution in [0, 0.1) is 5.82 Å². The van der Waals surface area contributed by atoms with Gasteiger partial charge in [0.15, 0.2) is 0 Å². The molecular formula is C12H15FN2O4S. The van der Waals surface area contributed by atoms with E-state index in [-0.39, 0.29) is 12.2 Å². The predicted octanol–water partition coefficient (Wildman–Crippen LogP) is 0.734. The molecule has 0 bridgehead atoms. The lowest BCUT2D eigenvalue weighted by atomic mass is 10.2. The quantitative estimate of drug-likeness (QED) is 0.657. The van der Waals surface area contributed by atoms with Crippen molar-refractivity contribution in [2.75, 3.05) is 19.4 Å². The first-order chi connectivity index (χ1) is 9.37. The van der Waals surface area contributed by atoms with Crippen LogP contribution in [0.15, 0.2) is 23.1 Å². The van der Waals surface area contributed by atoms with Gasteiger partial charge in [0.2, 0.25) is 10.0 Å². The Balaban J connectivity index is 2.41. The molecule has 0 aliphatic carbocycles. The average Bonchev–Trinajstić information content (AvgIpc) is 2.87. The van der Waals surface area contributed by atoms with Crippen molar-refractivity contribution in [3.05, 3.63) is 24.0 Å². The number of ether oxygens (including phenoxy) is 1. The van der Waals surface area contributed by atoms with E-state index in [1.54, 1.807) is 0 Å². The first-order valence-electron chi connectivity index (χ1n) is 6.02. The lowest BCUT2D eigenvalue weighted by Crippen LogP contribution is -2.41. The third kappa shape index (κ3) is 2.48. The van der Waals surface area contributed by atoms with Gasteiger partial charge in [-0.05, 0) is 31.0 Å². The number of carbonyl (C=O) groups excluding carboxylic acids is 1. The number of esters is 1. The van der Waals surface area contributed by atoms with Crippen molar-refractivity contribution in [1.82, 2.24) is 4.31 Å². The van der Waals surface area contributed by atoms with Gasteiger partial charge in [-0.15, -0.1) is 0 Å². The molecule has 20 heavy (non-hydrogen) atoms. The highest BCUT2D eigenvalue weighted by Crippen LogP contribution is 2.28. The Kier molecular flexibility index (Phi) is 3.96. The van der Waals surface area contributed by atoms with E-state index in [1.165, 1.54) is 13.2 Å². The minimum absolute atomic E-state index is 0.132. The second-order valence-electron chi connectivity index (χ2n) is 4.49. The highest BCUT2D eigenvalue weighted by molar-refractivity contribution is 7.89. The molecular weight excluding hydrogens is 287 g/mol. The van der Waals surface area contributed by atoms with Crippen molar-refractivity contribution < 1.29 is 22.3 Å². The van der Waals surface area contributed by atoms with E-state index in [0.717, 1.165) is 16.4 Å². The van der Waals surface area contributed by atoms with Crippen molar-refractivity contribution in [3.8, 4) is 0 Å². The lowest BCUT2D eigenvalue weighted by molar-refractivity contribution is -0.144. The van der Waals surface area contributed by atoms with Crippen molar-refractivity contribution >= 4 is 21.7 Å². The van der Waals surface area contributed by atoms with E-state index >= 15 is 0 Å². The number of benzene rings is 1. The third-order valence-electron chi connectivity index (χ3n) is 3.22. The number of rotatable bonds is 3. The monoisotopic (exact) mass is 302 g/mol. The number of sulfonamides is 1. The number of nitrogens with zero attached hydrogens (tertiary/aromatic N) is 1. The van der Waals surface area contributed by atoms with Gasteiger partial charge in [-0.2, -0.15) is 4.31 Å². The summed E-state index contributed by atoms with van der Waals surface area (Å²) in [5.74, 6) is -1.57. The van der Waals surface area contributed by atoms with E-state index in [1.807, 2.05) is 0 Å². The van der Waals surface area contributed by atoms with E-state index < -0.39 is 32.7 Å². The second kappa shape index (κ2) is 5.37. The van der Waals surface area contributed by atoms with Crippen LogP contribution in [-0.2, 0) is 19.6 Å². The number of anilines is 1. The maximum Gasteiger partial charge on any atom is 0.324 e. The predicted molar refractivity (Wildman–Crippen MR) is 69.7 cm³/mol. The van der Waals surface area contributed by atoms with Gasteiger partial charge in [0.05, 0.1) is 7.11 Å².